The first-order valence-corrected chi connectivity index (χ1v) is 21.5. The number of nitrogens with zero attached hydrogens (tertiary/aromatic N) is 1. The summed E-state index contributed by atoms with van der Waals surface area (Å²) < 4.78 is 7.22. The molecule has 0 saturated carbocycles. The van der Waals surface area contributed by atoms with Gasteiger partial charge in [0.05, 0.1) is 5.69 Å². The lowest BCUT2D eigenvalue weighted by Crippen LogP contribution is -2.18. The summed E-state index contributed by atoms with van der Waals surface area (Å²) in [6.45, 7) is 25.5. The minimum absolute atomic E-state index is 0.0202. The highest BCUT2D eigenvalue weighted by atomic mass is 16.3. The second-order valence-corrected chi connectivity index (χ2v) is 19.7. The molecule has 2 aliphatic carbocycles. The molecule has 0 saturated heterocycles. The Balaban J connectivity index is 1.23. The second kappa shape index (κ2) is 12.8. The number of para-hydroxylation sites is 1. The fourth-order valence-corrected chi connectivity index (χ4v) is 10.6. The van der Waals surface area contributed by atoms with Crippen molar-refractivity contribution in [2.75, 3.05) is 4.90 Å². The van der Waals surface area contributed by atoms with Gasteiger partial charge in [-0.2, -0.15) is 0 Å². The Morgan fingerprint density at radius 1 is 0.542 bits per heavy atom. The Morgan fingerprint density at radius 2 is 1.17 bits per heavy atom. The van der Waals surface area contributed by atoms with Gasteiger partial charge in [0, 0.05) is 33.0 Å². The number of hydrogen-bond donors (Lipinski definition) is 0. The minimum atomic E-state index is -0.169. The molecule has 10 rings (SSSR count). The van der Waals surface area contributed by atoms with E-state index in [1.165, 1.54) is 77.9 Å². The number of furan rings is 1. The number of aryl methyl sites for hydroxylation is 2. The number of anilines is 3. The highest BCUT2D eigenvalue weighted by Gasteiger charge is 2.40. The van der Waals surface area contributed by atoms with Crippen molar-refractivity contribution in [1.29, 1.82) is 0 Å². The number of fused-ring (bicyclic) bond motifs is 9. The standard InChI is InChI=1S/C57H55NO/c1-33(2)44-29-36(39-25-22-34(3)28-35(39)4)30-45-42-17-14-21-51(54(42)59-53(44)45)58(37-23-26-41-40-16-12-13-18-46(40)56(8,9)49(41)31-37)38-24-27-43-50(32-38)57(10,11)48-20-15-19-47(52(43)48)55(5,6)7/h12-33H,1-11H3. The van der Waals surface area contributed by atoms with Crippen molar-refractivity contribution in [3.8, 4) is 33.4 Å². The molecule has 294 valence electrons. The second-order valence-electron chi connectivity index (χ2n) is 19.7. The molecular weight excluding hydrogens is 715 g/mol. The average Bonchev–Trinajstić information content (AvgIpc) is 3.77. The largest absolute Gasteiger partial charge is 0.454 e. The summed E-state index contributed by atoms with van der Waals surface area (Å²) in [5, 5.41) is 2.29. The van der Waals surface area contributed by atoms with Crippen molar-refractivity contribution in [2.45, 2.75) is 98.3 Å². The maximum Gasteiger partial charge on any atom is 0.159 e. The maximum atomic E-state index is 7.22. The van der Waals surface area contributed by atoms with Crippen LogP contribution in [0.1, 0.15) is 113 Å². The van der Waals surface area contributed by atoms with E-state index in [1.54, 1.807) is 0 Å². The molecule has 0 bridgehead atoms. The van der Waals surface area contributed by atoms with Gasteiger partial charge in [-0.25, -0.2) is 0 Å². The van der Waals surface area contributed by atoms with Crippen LogP contribution in [0, 0.1) is 13.8 Å². The Hall–Kier alpha value is -5.86. The third kappa shape index (κ3) is 5.52. The highest BCUT2D eigenvalue weighted by Crippen LogP contribution is 2.55. The van der Waals surface area contributed by atoms with E-state index < -0.39 is 0 Å². The van der Waals surface area contributed by atoms with E-state index in [0.29, 0.717) is 0 Å². The summed E-state index contributed by atoms with van der Waals surface area (Å²) in [6.07, 6.45) is 0. The molecule has 0 spiro atoms. The van der Waals surface area contributed by atoms with E-state index >= 15 is 0 Å². The van der Waals surface area contributed by atoms with Crippen LogP contribution in [0.3, 0.4) is 0 Å². The third-order valence-corrected chi connectivity index (χ3v) is 13.7. The lowest BCUT2D eigenvalue weighted by Gasteiger charge is -2.29. The molecule has 0 atom stereocenters. The molecule has 0 aliphatic heterocycles. The minimum Gasteiger partial charge on any atom is -0.454 e. The van der Waals surface area contributed by atoms with Gasteiger partial charge in [0.25, 0.3) is 0 Å². The lowest BCUT2D eigenvalue weighted by atomic mass is 9.79. The predicted molar refractivity (Wildman–Crippen MR) is 251 cm³/mol. The number of benzene rings is 7. The molecule has 0 radical (unpaired) electrons. The molecule has 7 aromatic carbocycles. The van der Waals surface area contributed by atoms with Crippen LogP contribution in [0.25, 0.3) is 55.3 Å². The van der Waals surface area contributed by atoms with Crippen molar-refractivity contribution in [2.24, 2.45) is 0 Å². The molecule has 2 aliphatic rings. The first-order valence-electron chi connectivity index (χ1n) is 21.5. The maximum absolute atomic E-state index is 7.22. The summed E-state index contributed by atoms with van der Waals surface area (Å²) in [5.41, 5.74) is 23.5. The van der Waals surface area contributed by atoms with E-state index in [0.717, 1.165) is 39.0 Å². The van der Waals surface area contributed by atoms with Crippen LogP contribution in [0.5, 0.6) is 0 Å². The first-order chi connectivity index (χ1) is 28.1. The van der Waals surface area contributed by atoms with Crippen LogP contribution in [0.2, 0.25) is 0 Å². The van der Waals surface area contributed by atoms with Gasteiger partial charge in [-0.3, -0.25) is 0 Å². The van der Waals surface area contributed by atoms with Crippen LogP contribution >= 0.6 is 0 Å². The fourth-order valence-electron chi connectivity index (χ4n) is 10.6. The molecule has 0 unspecified atom stereocenters. The SMILES string of the molecule is Cc1ccc(-c2cc(C(C)C)c3oc4c(N(c5ccc6c(c5)C(C)(C)c5ccccc5-6)c5ccc6c(c5)C(C)(C)c5cccc(C(C)(C)C)c5-6)cccc4c3c2)c(C)c1. The van der Waals surface area contributed by atoms with E-state index in [9.17, 15) is 0 Å². The van der Waals surface area contributed by atoms with Crippen LogP contribution in [0.15, 0.2) is 132 Å². The summed E-state index contributed by atoms with van der Waals surface area (Å²) in [5.74, 6) is 0.280. The molecule has 2 heteroatoms. The number of hydrogen-bond acceptors (Lipinski definition) is 2. The Bertz CT molecular complexity index is 3030. The zero-order chi connectivity index (χ0) is 41.3. The van der Waals surface area contributed by atoms with E-state index in [4.69, 9.17) is 4.42 Å². The zero-order valence-electron chi connectivity index (χ0n) is 36.6. The summed E-state index contributed by atoms with van der Waals surface area (Å²) in [6, 6.07) is 48.4. The van der Waals surface area contributed by atoms with Gasteiger partial charge in [0.2, 0.25) is 0 Å². The van der Waals surface area contributed by atoms with Crippen LogP contribution in [-0.4, -0.2) is 0 Å². The van der Waals surface area contributed by atoms with Crippen molar-refractivity contribution >= 4 is 39.0 Å². The van der Waals surface area contributed by atoms with Crippen molar-refractivity contribution < 1.29 is 4.42 Å². The monoisotopic (exact) mass is 769 g/mol. The number of rotatable bonds is 5. The fraction of sp³-hybridized carbons (Fsp3) is 0.263. The molecule has 2 nitrogen and oxygen atoms in total. The Kier molecular flexibility index (Phi) is 8.13. The predicted octanol–water partition coefficient (Wildman–Crippen LogP) is 16.4. The van der Waals surface area contributed by atoms with Crippen LogP contribution < -0.4 is 4.90 Å². The molecule has 59 heavy (non-hydrogen) atoms. The van der Waals surface area contributed by atoms with Gasteiger partial charge in [-0.15, -0.1) is 0 Å². The Labute approximate surface area is 350 Å². The zero-order valence-corrected chi connectivity index (χ0v) is 36.6. The van der Waals surface area contributed by atoms with Gasteiger partial charge < -0.3 is 9.32 Å². The quantitative estimate of drug-likeness (QED) is 0.173. The highest BCUT2D eigenvalue weighted by molar-refractivity contribution is 6.12. The molecule has 8 aromatic rings. The van der Waals surface area contributed by atoms with Crippen molar-refractivity contribution in [1.82, 2.24) is 0 Å². The molecule has 1 heterocycles. The third-order valence-electron chi connectivity index (χ3n) is 13.7. The van der Waals surface area contributed by atoms with E-state index in [2.05, 4.69) is 208 Å². The van der Waals surface area contributed by atoms with Gasteiger partial charge in [0.1, 0.15) is 5.58 Å². The van der Waals surface area contributed by atoms with Crippen LogP contribution in [0.4, 0.5) is 17.1 Å². The Morgan fingerprint density at radius 3 is 1.88 bits per heavy atom. The molecule has 0 fully saturated rings. The smallest absolute Gasteiger partial charge is 0.159 e. The van der Waals surface area contributed by atoms with Crippen LogP contribution in [-0.2, 0) is 16.2 Å². The summed E-state index contributed by atoms with van der Waals surface area (Å²) in [7, 11) is 0. The van der Waals surface area contributed by atoms with Gasteiger partial charge >= 0.3 is 0 Å². The summed E-state index contributed by atoms with van der Waals surface area (Å²) in [4.78, 5) is 2.47. The molecule has 0 amide bonds. The van der Waals surface area contributed by atoms with Crippen molar-refractivity contribution in [3.05, 3.63) is 172 Å². The average molecular weight is 770 g/mol. The lowest BCUT2D eigenvalue weighted by molar-refractivity contribution is 0.589. The van der Waals surface area contributed by atoms with E-state index in [1.807, 2.05) is 0 Å². The molecular formula is C57H55NO. The van der Waals surface area contributed by atoms with E-state index in [-0.39, 0.29) is 22.2 Å². The van der Waals surface area contributed by atoms with Crippen molar-refractivity contribution in [3.63, 3.8) is 0 Å². The first kappa shape index (κ1) is 37.4. The summed E-state index contributed by atoms with van der Waals surface area (Å²) >= 11 is 0. The van der Waals surface area contributed by atoms with Gasteiger partial charge in [-0.05, 0) is 140 Å². The van der Waals surface area contributed by atoms with Gasteiger partial charge in [-0.1, -0.05) is 153 Å². The van der Waals surface area contributed by atoms with Gasteiger partial charge in [0.15, 0.2) is 5.58 Å². The normalized spacial score (nSPS) is 14.8. The molecule has 1 aromatic heterocycles. The molecule has 0 N–H and O–H groups in total. The topological polar surface area (TPSA) is 16.4 Å².